The first-order valence-corrected chi connectivity index (χ1v) is 11.3. The number of aromatic nitrogens is 1. The first-order chi connectivity index (χ1) is 13.8. The second kappa shape index (κ2) is 8.90. The zero-order valence-corrected chi connectivity index (χ0v) is 17.4. The number of hydrogen-bond donors (Lipinski definition) is 1. The van der Waals surface area contributed by atoms with Crippen molar-refractivity contribution in [1.82, 2.24) is 4.98 Å². The van der Waals surface area contributed by atoms with Crippen molar-refractivity contribution in [3.05, 3.63) is 47.4 Å². The van der Waals surface area contributed by atoms with E-state index in [9.17, 15) is 17.6 Å². The minimum absolute atomic E-state index is 0.0824. The normalized spacial score (nSPS) is 15.1. The summed E-state index contributed by atoms with van der Waals surface area (Å²) in [6.45, 7) is 1.49. The number of carbonyl (C=O) groups excluding carboxylic acids is 1. The maximum Gasteiger partial charge on any atom is 0.260 e. The lowest BCUT2D eigenvalue weighted by atomic mass is 9.91. The average molecular weight is 421 g/mol. The predicted molar refractivity (Wildman–Crippen MR) is 109 cm³/mol. The van der Waals surface area contributed by atoms with Crippen molar-refractivity contribution in [3.63, 3.8) is 0 Å². The molecule has 3 rings (SSSR count). The summed E-state index contributed by atoms with van der Waals surface area (Å²) in [6, 6.07) is 6.83. The van der Waals surface area contributed by atoms with Crippen molar-refractivity contribution in [2.75, 3.05) is 18.2 Å². The number of benzene rings is 1. The van der Waals surface area contributed by atoms with E-state index in [0.717, 1.165) is 32.1 Å². The second-order valence-corrected chi connectivity index (χ2v) is 9.40. The van der Waals surface area contributed by atoms with Crippen LogP contribution >= 0.6 is 0 Å². The Balaban J connectivity index is 1.85. The number of methoxy groups -OCH3 is 1. The van der Waals surface area contributed by atoms with E-state index in [1.807, 2.05) is 0 Å². The van der Waals surface area contributed by atoms with E-state index in [4.69, 9.17) is 4.74 Å². The van der Waals surface area contributed by atoms with E-state index in [2.05, 4.69) is 10.3 Å². The second-order valence-electron chi connectivity index (χ2n) is 7.37. The van der Waals surface area contributed by atoms with Crippen LogP contribution in [0.2, 0.25) is 0 Å². The molecule has 1 N–H and O–H groups in total. The summed E-state index contributed by atoms with van der Waals surface area (Å²) in [6.07, 6.45) is 5.10. The van der Waals surface area contributed by atoms with Crippen LogP contribution in [0.4, 0.5) is 10.2 Å². The molecule has 1 heterocycles. The summed E-state index contributed by atoms with van der Waals surface area (Å²) in [7, 11) is -2.12. The van der Waals surface area contributed by atoms with E-state index in [1.54, 1.807) is 0 Å². The molecule has 1 aliphatic rings. The molecule has 0 saturated heterocycles. The summed E-state index contributed by atoms with van der Waals surface area (Å²) < 4.78 is 44.4. The number of halogens is 1. The van der Waals surface area contributed by atoms with Crippen LogP contribution in [0.25, 0.3) is 0 Å². The highest BCUT2D eigenvalue weighted by atomic mass is 32.2. The highest BCUT2D eigenvalue weighted by Crippen LogP contribution is 2.29. The van der Waals surface area contributed by atoms with Crippen molar-refractivity contribution in [1.29, 1.82) is 0 Å². The van der Waals surface area contributed by atoms with Gasteiger partial charge in [-0.2, -0.15) is 0 Å². The largest absolute Gasteiger partial charge is 0.496 e. The average Bonchev–Trinajstić information content (AvgIpc) is 2.70. The van der Waals surface area contributed by atoms with E-state index in [1.165, 1.54) is 44.4 Å². The SMILES string of the molecule is COc1ccc(S(=O)(=O)CC2CCCCC2)cc1C(=O)Nc1ccc(F)c(C)n1. The van der Waals surface area contributed by atoms with Crippen molar-refractivity contribution in [2.45, 2.75) is 43.9 Å². The fraction of sp³-hybridized carbons (Fsp3) is 0.429. The van der Waals surface area contributed by atoms with Gasteiger partial charge >= 0.3 is 0 Å². The molecule has 2 aromatic rings. The minimum Gasteiger partial charge on any atom is -0.496 e. The van der Waals surface area contributed by atoms with Crippen LogP contribution in [-0.4, -0.2) is 32.2 Å². The minimum atomic E-state index is -3.53. The van der Waals surface area contributed by atoms with Crippen molar-refractivity contribution in [3.8, 4) is 5.75 Å². The highest BCUT2D eigenvalue weighted by Gasteiger charge is 2.25. The van der Waals surface area contributed by atoms with Gasteiger partial charge in [0.1, 0.15) is 17.4 Å². The Hall–Kier alpha value is -2.48. The number of sulfone groups is 1. The van der Waals surface area contributed by atoms with Gasteiger partial charge in [0, 0.05) is 0 Å². The fourth-order valence-electron chi connectivity index (χ4n) is 3.62. The zero-order chi connectivity index (χ0) is 21.0. The molecule has 0 spiro atoms. The van der Waals surface area contributed by atoms with Gasteiger partial charge in [-0.25, -0.2) is 17.8 Å². The van der Waals surface area contributed by atoms with E-state index in [0.29, 0.717) is 0 Å². The molecule has 156 valence electrons. The molecular formula is C21H25FN2O4S. The van der Waals surface area contributed by atoms with Gasteiger partial charge in [-0.1, -0.05) is 19.3 Å². The van der Waals surface area contributed by atoms with Crippen LogP contribution in [0.3, 0.4) is 0 Å². The molecule has 1 amide bonds. The first kappa shape index (κ1) is 21.2. The molecule has 0 aliphatic heterocycles. The number of nitrogens with one attached hydrogen (secondary N) is 1. The molecule has 0 radical (unpaired) electrons. The third-order valence-electron chi connectivity index (χ3n) is 5.22. The van der Waals surface area contributed by atoms with E-state index in [-0.39, 0.29) is 39.4 Å². The number of amides is 1. The van der Waals surface area contributed by atoms with Crippen molar-refractivity contribution < 1.29 is 22.3 Å². The molecule has 1 saturated carbocycles. The molecule has 1 aromatic carbocycles. The number of pyridine rings is 1. The molecule has 1 fully saturated rings. The van der Waals surface area contributed by atoms with Crippen LogP contribution in [0, 0.1) is 18.7 Å². The number of carbonyl (C=O) groups is 1. The smallest absolute Gasteiger partial charge is 0.260 e. The van der Waals surface area contributed by atoms with Crippen LogP contribution in [-0.2, 0) is 9.84 Å². The quantitative estimate of drug-likeness (QED) is 0.759. The Labute approximate surface area is 170 Å². The van der Waals surface area contributed by atoms with Gasteiger partial charge in [0.15, 0.2) is 9.84 Å². The summed E-state index contributed by atoms with van der Waals surface area (Å²) in [5, 5.41) is 2.57. The summed E-state index contributed by atoms with van der Waals surface area (Å²) in [5.41, 5.74) is 0.236. The molecule has 1 aliphatic carbocycles. The van der Waals surface area contributed by atoms with Gasteiger partial charge in [0.05, 0.1) is 29.0 Å². The molecule has 8 heteroatoms. The molecule has 6 nitrogen and oxygen atoms in total. The Morgan fingerprint density at radius 2 is 1.93 bits per heavy atom. The molecule has 0 bridgehead atoms. The Morgan fingerprint density at radius 3 is 2.59 bits per heavy atom. The molecule has 0 unspecified atom stereocenters. The van der Waals surface area contributed by atoms with Gasteiger partial charge in [-0.3, -0.25) is 4.79 Å². The number of nitrogens with zero attached hydrogens (tertiary/aromatic N) is 1. The standard InChI is InChI=1S/C21H25FN2O4S/c1-14-18(22)9-11-20(23-14)24-21(25)17-12-16(8-10-19(17)28-2)29(26,27)13-15-6-4-3-5-7-15/h8-12,15H,3-7,13H2,1-2H3,(H,23,24,25). The highest BCUT2D eigenvalue weighted by molar-refractivity contribution is 7.91. The van der Waals surface area contributed by atoms with Gasteiger partial charge in [-0.15, -0.1) is 0 Å². The number of ether oxygens (including phenoxy) is 1. The van der Waals surface area contributed by atoms with Crippen molar-refractivity contribution in [2.24, 2.45) is 5.92 Å². The summed E-state index contributed by atoms with van der Waals surface area (Å²) >= 11 is 0. The van der Waals surface area contributed by atoms with Crippen molar-refractivity contribution >= 4 is 21.6 Å². The van der Waals surface area contributed by atoms with Gasteiger partial charge in [0.25, 0.3) is 5.91 Å². The molecule has 1 aromatic heterocycles. The van der Waals surface area contributed by atoms with E-state index < -0.39 is 21.6 Å². The van der Waals surface area contributed by atoms with Crippen LogP contribution in [0.1, 0.15) is 48.2 Å². The lowest BCUT2D eigenvalue weighted by Gasteiger charge is -2.21. The van der Waals surface area contributed by atoms with Crippen LogP contribution < -0.4 is 10.1 Å². The fourth-order valence-corrected chi connectivity index (χ4v) is 5.33. The van der Waals surface area contributed by atoms with Crippen LogP contribution in [0.5, 0.6) is 5.75 Å². The number of aryl methyl sites for hydroxylation is 1. The monoisotopic (exact) mass is 420 g/mol. The Bertz CT molecular complexity index is 1000. The van der Waals surface area contributed by atoms with Crippen LogP contribution in [0.15, 0.2) is 35.2 Å². The maximum atomic E-state index is 13.4. The maximum absolute atomic E-state index is 13.4. The predicted octanol–water partition coefficient (Wildman–Crippen LogP) is 4.14. The third kappa shape index (κ3) is 5.12. The van der Waals surface area contributed by atoms with E-state index >= 15 is 0 Å². The molecule has 29 heavy (non-hydrogen) atoms. The third-order valence-corrected chi connectivity index (χ3v) is 7.10. The zero-order valence-electron chi connectivity index (χ0n) is 16.6. The topological polar surface area (TPSA) is 85.4 Å². The molecular weight excluding hydrogens is 395 g/mol. The lowest BCUT2D eigenvalue weighted by molar-refractivity contribution is 0.102. The summed E-state index contributed by atoms with van der Waals surface area (Å²) in [5.74, 6) is -0.394. The summed E-state index contributed by atoms with van der Waals surface area (Å²) in [4.78, 5) is 16.8. The number of hydrogen-bond acceptors (Lipinski definition) is 5. The Morgan fingerprint density at radius 1 is 1.21 bits per heavy atom. The number of rotatable bonds is 6. The molecule has 0 atom stereocenters. The first-order valence-electron chi connectivity index (χ1n) is 9.65. The van der Waals surface area contributed by atoms with Gasteiger partial charge in [-0.05, 0) is 56.0 Å². The van der Waals surface area contributed by atoms with Gasteiger partial charge < -0.3 is 10.1 Å². The lowest BCUT2D eigenvalue weighted by Crippen LogP contribution is -2.20. The van der Waals surface area contributed by atoms with Gasteiger partial charge in [0.2, 0.25) is 0 Å². The Kier molecular flexibility index (Phi) is 6.52. The number of anilines is 1.